The van der Waals surface area contributed by atoms with Gasteiger partial charge in [-0.1, -0.05) is 23.7 Å². The van der Waals surface area contributed by atoms with Gasteiger partial charge in [0.15, 0.2) is 0 Å². The summed E-state index contributed by atoms with van der Waals surface area (Å²) in [5.41, 5.74) is 2.77. The third-order valence-electron chi connectivity index (χ3n) is 3.07. The van der Waals surface area contributed by atoms with Gasteiger partial charge in [-0.05, 0) is 41.3 Å². The molecule has 0 fully saturated rings. The average molecular weight is 280 g/mol. The molecule has 3 nitrogen and oxygen atoms in total. The Morgan fingerprint density at radius 2 is 1.95 bits per heavy atom. The molecule has 4 heteroatoms. The number of rotatable bonds is 1. The second-order valence-corrected chi connectivity index (χ2v) is 4.76. The van der Waals surface area contributed by atoms with Gasteiger partial charge in [0.2, 0.25) is 0 Å². The molecule has 20 heavy (non-hydrogen) atoms. The zero-order chi connectivity index (χ0) is 14.1. The lowest BCUT2D eigenvalue weighted by Gasteiger charge is -2.07. The first-order chi connectivity index (χ1) is 9.67. The first-order valence-electron chi connectivity index (χ1n) is 5.92. The van der Waals surface area contributed by atoms with Gasteiger partial charge in [-0.25, -0.2) is 0 Å². The number of hydrogen-bond acceptors (Lipinski definition) is 2. The fraction of sp³-hybridized carbons (Fsp3) is 0. The van der Waals surface area contributed by atoms with Crippen LogP contribution in [-0.2, 0) is 0 Å². The summed E-state index contributed by atoms with van der Waals surface area (Å²) >= 11 is 6.27. The molecule has 1 radical (unpaired) electrons. The number of aromatic nitrogens is 1. The van der Waals surface area contributed by atoms with Crippen LogP contribution in [0.2, 0.25) is 5.02 Å². The number of benzene rings is 2. The molecule has 1 heterocycles. The molecular weight excluding hydrogens is 272 g/mol. The van der Waals surface area contributed by atoms with Crippen molar-refractivity contribution in [2.24, 2.45) is 0 Å². The lowest BCUT2D eigenvalue weighted by molar-refractivity contribution is 1.30. The van der Waals surface area contributed by atoms with E-state index in [2.05, 4.69) is 17.1 Å². The van der Waals surface area contributed by atoms with E-state index in [9.17, 15) is 4.79 Å². The van der Waals surface area contributed by atoms with E-state index in [0.29, 0.717) is 16.1 Å². The molecule has 1 aromatic heterocycles. The smallest absolute Gasteiger partial charge is 0.256 e. The largest absolute Gasteiger partial charge is 0.321 e. The summed E-state index contributed by atoms with van der Waals surface area (Å²) in [5, 5.41) is 10.2. The molecule has 0 aliphatic carbocycles. The number of halogens is 1. The third-order valence-corrected chi connectivity index (χ3v) is 3.38. The van der Waals surface area contributed by atoms with Crippen LogP contribution in [0.25, 0.3) is 22.0 Å². The van der Waals surface area contributed by atoms with Crippen molar-refractivity contribution in [1.29, 1.82) is 5.26 Å². The van der Waals surface area contributed by atoms with E-state index in [1.54, 1.807) is 24.3 Å². The Balaban J connectivity index is 2.20. The molecule has 2 aromatic carbocycles. The summed E-state index contributed by atoms with van der Waals surface area (Å²) in [6.45, 7) is 0. The highest BCUT2D eigenvalue weighted by atomic mass is 35.5. The number of nitriles is 1. The van der Waals surface area contributed by atoms with Crippen molar-refractivity contribution in [2.45, 2.75) is 0 Å². The Kier molecular flexibility index (Phi) is 3.02. The minimum absolute atomic E-state index is 0.278. The second kappa shape index (κ2) is 4.84. The minimum Gasteiger partial charge on any atom is -0.321 e. The molecule has 0 saturated heterocycles. The Labute approximate surface area is 120 Å². The number of aromatic amines is 1. The SMILES string of the molecule is N#Cc1ccc(-c2cc3c[c]c(=O)[nH]c3cc2Cl)cc1. The molecule has 3 aromatic rings. The number of H-pyrrole nitrogens is 1. The van der Waals surface area contributed by atoms with Crippen molar-refractivity contribution in [3.8, 4) is 17.2 Å². The maximum Gasteiger partial charge on any atom is 0.256 e. The highest BCUT2D eigenvalue weighted by Gasteiger charge is 2.06. The molecule has 0 unspecified atom stereocenters. The monoisotopic (exact) mass is 279 g/mol. The van der Waals surface area contributed by atoms with Crippen molar-refractivity contribution < 1.29 is 0 Å². The quantitative estimate of drug-likeness (QED) is 0.741. The number of nitrogens with zero attached hydrogens (tertiary/aromatic N) is 1. The highest BCUT2D eigenvalue weighted by Crippen LogP contribution is 2.31. The first-order valence-corrected chi connectivity index (χ1v) is 6.30. The fourth-order valence-corrected chi connectivity index (χ4v) is 2.34. The maximum absolute atomic E-state index is 11.2. The third kappa shape index (κ3) is 2.18. The van der Waals surface area contributed by atoms with Gasteiger partial charge in [-0.2, -0.15) is 5.26 Å². The lowest BCUT2D eigenvalue weighted by Crippen LogP contribution is -2.03. The molecule has 0 saturated carbocycles. The summed E-state index contributed by atoms with van der Waals surface area (Å²) in [6.07, 6.45) is 0. The van der Waals surface area contributed by atoms with Crippen molar-refractivity contribution in [3.05, 3.63) is 69.5 Å². The summed E-state index contributed by atoms with van der Waals surface area (Å²) in [6, 6.07) is 17.1. The Hall–Kier alpha value is -2.57. The van der Waals surface area contributed by atoms with Crippen LogP contribution in [0.4, 0.5) is 0 Å². The molecule has 1 N–H and O–H groups in total. The van der Waals surface area contributed by atoms with E-state index >= 15 is 0 Å². The topological polar surface area (TPSA) is 56.6 Å². The zero-order valence-corrected chi connectivity index (χ0v) is 11.0. The van der Waals surface area contributed by atoms with Crippen molar-refractivity contribution >= 4 is 22.5 Å². The van der Waals surface area contributed by atoms with Crippen LogP contribution in [0.1, 0.15) is 5.56 Å². The lowest BCUT2D eigenvalue weighted by atomic mass is 10.0. The van der Waals surface area contributed by atoms with Crippen molar-refractivity contribution in [3.63, 3.8) is 0 Å². The van der Waals surface area contributed by atoms with Gasteiger partial charge in [-0.15, -0.1) is 0 Å². The molecular formula is C16H8ClN2O. The molecule has 0 aliphatic heterocycles. The molecule has 0 amide bonds. The van der Waals surface area contributed by atoms with Crippen molar-refractivity contribution in [1.82, 2.24) is 4.98 Å². The van der Waals surface area contributed by atoms with E-state index in [-0.39, 0.29) is 5.56 Å². The van der Waals surface area contributed by atoms with E-state index in [1.165, 1.54) is 0 Å². The number of nitrogens with one attached hydrogen (secondary N) is 1. The predicted octanol–water partition coefficient (Wildman–Crippen LogP) is 3.52. The fourth-order valence-electron chi connectivity index (χ4n) is 2.06. The second-order valence-electron chi connectivity index (χ2n) is 4.35. The maximum atomic E-state index is 11.2. The van der Waals surface area contributed by atoms with E-state index in [0.717, 1.165) is 16.5 Å². The average Bonchev–Trinajstić information content (AvgIpc) is 2.46. The zero-order valence-electron chi connectivity index (χ0n) is 10.3. The summed E-state index contributed by atoms with van der Waals surface area (Å²) in [7, 11) is 0. The van der Waals surface area contributed by atoms with Crippen LogP contribution in [0.3, 0.4) is 0 Å². The normalized spacial score (nSPS) is 10.4. The van der Waals surface area contributed by atoms with Crippen LogP contribution in [0.15, 0.2) is 47.3 Å². The highest BCUT2D eigenvalue weighted by molar-refractivity contribution is 6.34. The Bertz CT molecular complexity index is 889. The van der Waals surface area contributed by atoms with Crippen LogP contribution in [-0.4, -0.2) is 4.98 Å². The van der Waals surface area contributed by atoms with Gasteiger partial charge in [0.05, 0.1) is 22.7 Å². The molecule has 95 valence electrons. The van der Waals surface area contributed by atoms with Gasteiger partial charge in [-0.3, -0.25) is 4.79 Å². The first kappa shape index (κ1) is 12.5. The van der Waals surface area contributed by atoms with Crippen LogP contribution >= 0.6 is 11.6 Å². The van der Waals surface area contributed by atoms with Gasteiger partial charge >= 0.3 is 0 Å². The van der Waals surface area contributed by atoms with E-state index < -0.39 is 0 Å². The molecule has 0 spiro atoms. The molecule has 0 aliphatic rings. The van der Waals surface area contributed by atoms with Gasteiger partial charge in [0, 0.05) is 11.1 Å². The summed E-state index contributed by atoms with van der Waals surface area (Å²) in [5.74, 6) is 0. The van der Waals surface area contributed by atoms with E-state index in [4.69, 9.17) is 16.9 Å². The molecule has 0 atom stereocenters. The van der Waals surface area contributed by atoms with E-state index in [1.807, 2.05) is 18.2 Å². The van der Waals surface area contributed by atoms with Crippen LogP contribution in [0.5, 0.6) is 0 Å². The Morgan fingerprint density at radius 1 is 1.20 bits per heavy atom. The Morgan fingerprint density at radius 3 is 2.65 bits per heavy atom. The number of fused-ring (bicyclic) bond motifs is 1. The van der Waals surface area contributed by atoms with Crippen LogP contribution < -0.4 is 5.56 Å². The van der Waals surface area contributed by atoms with Gasteiger partial charge in [0.1, 0.15) is 0 Å². The predicted molar refractivity (Wildman–Crippen MR) is 78.6 cm³/mol. The van der Waals surface area contributed by atoms with Gasteiger partial charge in [0.25, 0.3) is 5.56 Å². The van der Waals surface area contributed by atoms with Crippen LogP contribution in [0, 0.1) is 17.4 Å². The summed E-state index contributed by atoms with van der Waals surface area (Å²) < 4.78 is 0. The number of pyridine rings is 1. The summed E-state index contributed by atoms with van der Waals surface area (Å²) in [4.78, 5) is 13.9. The number of hydrogen-bond donors (Lipinski definition) is 1. The minimum atomic E-state index is -0.278. The van der Waals surface area contributed by atoms with Gasteiger partial charge < -0.3 is 4.98 Å². The van der Waals surface area contributed by atoms with Crippen molar-refractivity contribution in [2.75, 3.05) is 0 Å². The molecule has 0 bridgehead atoms. The molecule has 3 rings (SSSR count). The standard InChI is InChI=1S/C16H8ClN2O/c17-14-8-15-12(5-6-16(20)19-15)7-13(14)11-3-1-10(9-18)2-4-11/h1-5,7-8H,(H,19,20).